The number of hydrogen-bond donors (Lipinski definition) is 2. The van der Waals surface area contributed by atoms with Gasteiger partial charge >= 0.3 is 0 Å². The molecule has 22 heavy (non-hydrogen) atoms. The Bertz CT molecular complexity index is 528. The first-order valence-electron chi connectivity index (χ1n) is 6.53. The first-order valence-corrected chi connectivity index (χ1v) is 7.70. The number of primary amides is 1. The largest absolute Gasteiger partial charge is 0.382 e. The van der Waals surface area contributed by atoms with E-state index in [4.69, 9.17) is 26.8 Å². The van der Waals surface area contributed by atoms with E-state index >= 15 is 0 Å². The van der Waals surface area contributed by atoms with Crippen LogP contribution in [-0.4, -0.2) is 44.8 Å². The average molecular weight is 394 g/mol. The third-order valence-electron chi connectivity index (χ3n) is 2.78. The van der Waals surface area contributed by atoms with Crippen LogP contribution in [0.15, 0.2) is 22.7 Å². The first-order chi connectivity index (χ1) is 10.4. The third-order valence-corrected chi connectivity index (χ3v) is 3.78. The Kier molecular flexibility index (Phi) is 8.40. The average Bonchev–Trinajstić information content (AvgIpc) is 2.46. The molecule has 0 fully saturated rings. The van der Waals surface area contributed by atoms with E-state index in [2.05, 4.69) is 21.2 Å². The van der Waals surface area contributed by atoms with Crippen LogP contribution < -0.4 is 11.1 Å². The number of rotatable bonds is 9. The van der Waals surface area contributed by atoms with Crippen molar-refractivity contribution in [3.05, 3.63) is 33.3 Å². The Morgan fingerprint density at radius 2 is 2.14 bits per heavy atom. The maximum Gasteiger partial charge on any atom is 0.246 e. The highest BCUT2D eigenvalue weighted by molar-refractivity contribution is 9.10. The van der Waals surface area contributed by atoms with Crippen LogP contribution >= 0.6 is 27.5 Å². The SMILES string of the molecule is COCCOCC(=O)N[C@@H](Cc1cc(Cl)ccc1Br)C(N)=O. The summed E-state index contributed by atoms with van der Waals surface area (Å²) in [6.07, 6.45) is 0.236. The Labute approximate surface area is 142 Å². The van der Waals surface area contributed by atoms with Gasteiger partial charge in [-0.05, 0) is 23.8 Å². The van der Waals surface area contributed by atoms with Crippen molar-refractivity contribution in [3.8, 4) is 0 Å². The van der Waals surface area contributed by atoms with Crippen molar-refractivity contribution in [3.63, 3.8) is 0 Å². The predicted molar refractivity (Wildman–Crippen MR) is 86.7 cm³/mol. The fourth-order valence-electron chi connectivity index (χ4n) is 1.69. The molecule has 8 heteroatoms. The molecular weight excluding hydrogens is 376 g/mol. The molecule has 1 aromatic rings. The zero-order valence-electron chi connectivity index (χ0n) is 12.1. The summed E-state index contributed by atoms with van der Waals surface area (Å²) in [5.74, 6) is -1.05. The summed E-state index contributed by atoms with van der Waals surface area (Å²) >= 11 is 9.30. The van der Waals surface area contributed by atoms with E-state index in [1.165, 1.54) is 7.11 Å². The standard InChI is InChI=1S/C14H18BrClN2O4/c1-21-4-5-22-8-13(19)18-12(14(17)20)7-9-6-10(16)2-3-11(9)15/h2-3,6,12H,4-5,7-8H2,1H3,(H2,17,20)(H,18,19)/t12-/m0/s1. The van der Waals surface area contributed by atoms with E-state index in [0.29, 0.717) is 18.2 Å². The molecule has 6 nitrogen and oxygen atoms in total. The third kappa shape index (κ3) is 6.74. The van der Waals surface area contributed by atoms with Crippen LogP contribution in [0.4, 0.5) is 0 Å². The summed E-state index contributed by atoms with van der Waals surface area (Å²) in [5.41, 5.74) is 6.11. The zero-order valence-corrected chi connectivity index (χ0v) is 14.4. The molecule has 0 bridgehead atoms. The summed E-state index contributed by atoms with van der Waals surface area (Å²) in [6, 6.07) is 4.36. The molecule has 0 heterocycles. The summed E-state index contributed by atoms with van der Waals surface area (Å²) in [4.78, 5) is 23.3. The van der Waals surface area contributed by atoms with Crippen molar-refractivity contribution in [2.24, 2.45) is 5.73 Å². The summed E-state index contributed by atoms with van der Waals surface area (Å²) in [6.45, 7) is 0.525. The molecule has 0 aliphatic carbocycles. The molecule has 0 aliphatic heterocycles. The number of benzene rings is 1. The molecule has 1 atom stereocenters. The smallest absolute Gasteiger partial charge is 0.246 e. The fraction of sp³-hybridized carbons (Fsp3) is 0.429. The molecule has 0 aromatic heterocycles. The van der Waals surface area contributed by atoms with Gasteiger partial charge in [-0.3, -0.25) is 9.59 Å². The summed E-state index contributed by atoms with van der Waals surface area (Å²) in [7, 11) is 1.54. The van der Waals surface area contributed by atoms with Gasteiger partial charge in [-0.1, -0.05) is 27.5 Å². The minimum atomic E-state index is -0.840. The van der Waals surface area contributed by atoms with Crippen LogP contribution in [0.1, 0.15) is 5.56 Å². The number of methoxy groups -OCH3 is 1. The predicted octanol–water partition coefficient (Wildman–Crippen LogP) is 1.28. The van der Waals surface area contributed by atoms with Crippen molar-refractivity contribution in [1.29, 1.82) is 0 Å². The van der Waals surface area contributed by atoms with E-state index in [1.54, 1.807) is 18.2 Å². The van der Waals surface area contributed by atoms with Gasteiger partial charge in [0.2, 0.25) is 11.8 Å². The van der Waals surface area contributed by atoms with Gasteiger partial charge in [0, 0.05) is 23.0 Å². The number of carbonyl (C=O) groups is 2. The van der Waals surface area contributed by atoms with Crippen molar-refractivity contribution in [1.82, 2.24) is 5.32 Å². The van der Waals surface area contributed by atoms with Crippen LogP contribution in [0.25, 0.3) is 0 Å². The van der Waals surface area contributed by atoms with Crippen molar-refractivity contribution < 1.29 is 19.1 Å². The second-order valence-corrected chi connectivity index (χ2v) is 5.80. The number of amides is 2. The van der Waals surface area contributed by atoms with E-state index < -0.39 is 17.9 Å². The molecule has 0 radical (unpaired) electrons. The van der Waals surface area contributed by atoms with Crippen molar-refractivity contribution in [2.45, 2.75) is 12.5 Å². The molecule has 0 saturated carbocycles. The second-order valence-electron chi connectivity index (χ2n) is 4.51. The van der Waals surface area contributed by atoms with Crippen molar-refractivity contribution >= 4 is 39.3 Å². The van der Waals surface area contributed by atoms with Crippen LogP contribution in [0.2, 0.25) is 5.02 Å². The molecule has 122 valence electrons. The molecule has 0 spiro atoms. The topological polar surface area (TPSA) is 90.7 Å². The highest BCUT2D eigenvalue weighted by Crippen LogP contribution is 2.22. The van der Waals surface area contributed by atoms with Crippen LogP contribution in [0.5, 0.6) is 0 Å². The van der Waals surface area contributed by atoms with Gasteiger partial charge in [0.1, 0.15) is 12.6 Å². The van der Waals surface area contributed by atoms with Gasteiger partial charge in [0.25, 0.3) is 0 Å². The van der Waals surface area contributed by atoms with Gasteiger partial charge in [0.15, 0.2) is 0 Å². The van der Waals surface area contributed by atoms with E-state index in [1.807, 2.05) is 0 Å². The number of carbonyl (C=O) groups excluding carboxylic acids is 2. The summed E-state index contributed by atoms with van der Waals surface area (Å²) < 4.78 is 10.7. The van der Waals surface area contributed by atoms with Crippen LogP contribution in [-0.2, 0) is 25.5 Å². The summed E-state index contributed by atoms with van der Waals surface area (Å²) in [5, 5.41) is 3.08. The lowest BCUT2D eigenvalue weighted by atomic mass is 10.1. The minimum Gasteiger partial charge on any atom is -0.382 e. The van der Waals surface area contributed by atoms with Gasteiger partial charge < -0.3 is 20.5 Å². The molecule has 2 amide bonds. The maximum atomic E-state index is 11.7. The molecule has 1 aromatic carbocycles. The number of halogens is 2. The highest BCUT2D eigenvalue weighted by Gasteiger charge is 2.20. The Morgan fingerprint density at radius 1 is 1.41 bits per heavy atom. The van der Waals surface area contributed by atoms with E-state index in [9.17, 15) is 9.59 Å². The molecule has 1 rings (SSSR count). The molecule has 0 unspecified atom stereocenters. The number of nitrogens with two attached hydrogens (primary N) is 1. The fourth-order valence-corrected chi connectivity index (χ4v) is 2.29. The van der Waals surface area contributed by atoms with Gasteiger partial charge in [-0.25, -0.2) is 0 Å². The Hall–Kier alpha value is -1.15. The van der Waals surface area contributed by atoms with Crippen LogP contribution in [0.3, 0.4) is 0 Å². The van der Waals surface area contributed by atoms with Gasteiger partial charge in [-0.2, -0.15) is 0 Å². The van der Waals surface area contributed by atoms with Crippen molar-refractivity contribution in [2.75, 3.05) is 26.9 Å². The lowest BCUT2D eigenvalue weighted by Crippen LogP contribution is -2.47. The molecule has 0 saturated heterocycles. The van der Waals surface area contributed by atoms with Crippen LogP contribution in [0, 0.1) is 0 Å². The number of hydrogen-bond acceptors (Lipinski definition) is 4. The van der Waals surface area contributed by atoms with Gasteiger partial charge in [-0.15, -0.1) is 0 Å². The Balaban J connectivity index is 2.60. The molecule has 0 aliphatic rings. The minimum absolute atomic E-state index is 0.163. The zero-order chi connectivity index (χ0) is 16.5. The Morgan fingerprint density at radius 3 is 2.77 bits per heavy atom. The quantitative estimate of drug-likeness (QED) is 0.618. The monoisotopic (exact) mass is 392 g/mol. The maximum absolute atomic E-state index is 11.7. The molecule has 3 N–H and O–H groups in total. The second kappa shape index (κ2) is 9.78. The lowest BCUT2D eigenvalue weighted by molar-refractivity contribution is -0.130. The lowest BCUT2D eigenvalue weighted by Gasteiger charge is -2.16. The van der Waals surface area contributed by atoms with E-state index in [-0.39, 0.29) is 13.0 Å². The number of nitrogens with one attached hydrogen (secondary N) is 1. The van der Waals surface area contributed by atoms with Gasteiger partial charge in [0.05, 0.1) is 13.2 Å². The normalized spacial score (nSPS) is 12.0. The first kappa shape index (κ1) is 18.9. The highest BCUT2D eigenvalue weighted by atomic mass is 79.9. The number of ether oxygens (including phenoxy) is 2. The van der Waals surface area contributed by atoms with E-state index in [0.717, 1.165) is 10.0 Å². The molecular formula is C14H18BrClN2O4.